The van der Waals surface area contributed by atoms with Crippen molar-refractivity contribution in [2.75, 3.05) is 0 Å². The second-order valence-corrected chi connectivity index (χ2v) is 6.91. The SMILES string of the molecule is Cc1ccc(-c2ccc(C[C@H](N[C@@H](CC(C)C)C(=O)O)C(=O)O)o2)cc1. The first-order valence-electron chi connectivity index (χ1n) is 8.63. The number of carboxylic acid groups (broad SMARTS) is 2. The van der Waals surface area contributed by atoms with Crippen molar-refractivity contribution in [3.05, 3.63) is 47.7 Å². The Hall–Kier alpha value is -2.60. The second-order valence-electron chi connectivity index (χ2n) is 6.91. The lowest BCUT2D eigenvalue weighted by molar-refractivity contribution is -0.143. The third-order valence-corrected chi connectivity index (χ3v) is 4.11. The molecule has 1 aromatic carbocycles. The highest BCUT2D eigenvalue weighted by Crippen LogP contribution is 2.23. The van der Waals surface area contributed by atoms with Crippen LogP contribution in [0.15, 0.2) is 40.8 Å². The molecule has 2 aromatic rings. The van der Waals surface area contributed by atoms with E-state index in [1.165, 1.54) is 0 Å². The fourth-order valence-electron chi connectivity index (χ4n) is 2.73. The van der Waals surface area contributed by atoms with Gasteiger partial charge in [-0.2, -0.15) is 0 Å². The summed E-state index contributed by atoms with van der Waals surface area (Å²) in [6.07, 6.45) is 0.426. The third kappa shape index (κ3) is 5.46. The summed E-state index contributed by atoms with van der Waals surface area (Å²) in [5, 5.41) is 21.5. The molecule has 3 N–H and O–H groups in total. The summed E-state index contributed by atoms with van der Waals surface area (Å²) >= 11 is 0. The number of carbonyl (C=O) groups is 2. The highest BCUT2D eigenvalue weighted by Gasteiger charge is 2.27. The minimum atomic E-state index is -1.10. The Morgan fingerprint density at radius 1 is 1.00 bits per heavy atom. The van der Waals surface area contributed by atoms with Gasteiger partial charge in [0.1, 0.15) is 23.6 Å². The average Bonchev–Trinajstić information content (AvgIpc) is 3.02. The molecule has 2 rings (SSSR count). The van der Waals surface area contributed by atoms with Crippen molar-refractivity contribution in [3.63, 3.8) is 0 Å². The van der Waals surface area contributed by atoms with E-state index in [0.29, 0.717) is 17.9 Å². The van der Waals surface area contributed by atoms with Gasteiger partial charge in [0, 0.05) is 12.0 Å². The van der Waals surface area contributed by atoms with Gasteiger partial charge in [-0.15, -0.1) is 0 Å². The summed E-state index contributed by atoms with van der Waals surface area (Å²) in [6.45, 7) is 5.79. The molecule has 0 radical (unpaired) electrons. The lowest BCUT2D eigenvalue weighted by Gasteiger charge is -2.21. The van der Waals surface area contributed by atoms with Crippen molar-refractivity contribution in [3.8, 4) is 11.3 Å². The molecule has 2 atom stereocenters. The van der Waals surface area contributed by atoms with Crippen LogP contribution in [0.5, 0.6) is 0 Å². The van der Waals surface area contributed by atoms with E-state index in [1.54, 1.807) is 12.1 Å². The lowest BCUT2D eigenvalue weighted by Crippen LogP contribution is -2.48. The predicted molar refractivity (Wildman–Crippen MR) is 98.0 cm³/mol. The monoisotopic (exact) mass is 359 g/mol. The summed E-state index contributed by atoms with van der Waals surface area (Å²) < 4.78 is 5.76. The van der Waals surface area contributed by atoms with Gasteiger partial charge in [-0.25, -0.2) is 0 Å². The second kappa shape index (κ2) is 8.67. The van der Waals surface area contributed by atoms with Crippen LogP contribution < -0.4 is 5.32 Å². The van der Waals surface area contributed by atoms with Crippen LogP contribution in [0.25, 0.3) is 11.3 Å². The van der Waals surface area contributed by atoms with Gasteiger partial charge in [0.25, 0.3) is 0 Å². The van der Waals surface area contributed by atoms with E-state index < -0.39 is 24.0 Å². The Morgan fingerprint density at radius 3 is 2.15 bits per heavy atom. The molecular formula is C20H25NO5. The van der Waals surface area contributed by atoms with Gasteiger partial charge in [0.15, 0.2) is 0 Å². The standard InChI is InChI=1S/C20H25NO5/c1-12(2)10-16(19(22)23)21-17(20(24)25)11-15-8-9-18(26-15)14-6-4-13(3)5-7-14/h4-9,12,16-17,21H,10-11H2,1-3H3,(H,22,23)(H,24,25)/t16-,17-/m0/s1. The molecular weight excluding hydrogens is 334 g/mol. The Bertz CT molecular complexity index is 748. The number of benzene rings is 1. The van der Waals surface area contributed by atoms with Crippen molar-refractivity contribution >= 4 is 11.9 Å². The molecule has 1 aromatic heterocycles. The minimum Gasteiger partial charge on any atom is -0.480 e. The molecule has 0 saturated carbocycles. The highest BCUT2D eigenvalue weighted by molar-refractivity contribution is 5.77. The zero-order valence-corrected chi connectivity index (χ0v) is 15.2. The van der Waals surface area contributed by atoms with Crippen molar-refractivity contribution in [2.24, 2.45) is 5.92 Å². The minimum absolute atomic E-state index is 0.0725. The third-order valence-electron chi connectivity index (χ3n) is 4.11. The Morgan fingerprint density at radius 2 is 1.62 bits per heavy atom. The van der Waals surface area contributed by atoms with Gasteiger partial charge in [0.2, 0.25) is 0 Å². The highest BCUT2D eigenvalue weighted by atomic mass is 16.4. The molecule has 0 aliphatic heterocycles. The van der Waals surface area contributed by atoms with E-state index in [1.807, 2.05) is 45.0 Å². The van der Waals surface area contributed by atoms with E-state index in [0.717, 1.165) is 11.1 Å². The van der Waals surface area contributed by atoms with Crippen molar-refractivity contribution in [1.29, 1.82) is 0 Å². The maximum atomic E-state index is 11.6. The number of nitrogens with one attached hydrogen (secondary N) is 1. The van der Waals surface area contributed by atoms with Crippen LogP contribution in [0, 0.1) is 12.8 Å². The van der Waals surface area contributed by atoms with Crippen LogP contribution in [-0.4, -0.2) is 34.2 Å². The topological polar surface area (TPSA) is 99.8 Å². The molecule has 0 aliphatic carbocycles. The number of hydrogen-bond acceptors (Lipinski definition) is 4. The summed E-state index contributed by atoms with van der Waals surface area (Å²) in [7, 11) is 0. The molecule has 0 saturated heterocycles. The molecule has 6 nitrogen and oxygen atoms in total. The van der Waals surface area contributed by atoms with Gasteiger partial charge < -0.3 is 14.6 Å². The Labute approximate surface area is 152 Å². The molecule has 26 heavy (non-hydrogen) atoms. The summed E-state index contributed by atoms with van der Waals surface area (Å²) in [5.74, 6) is -0.872. The smallest absolute Gasteiger partial charge is 0.321 e. The van der Waals surface area contributed by atoms with Gasteiger partial charge in [-0.3, -0.25) is 14.9 Å². The zero-order chi connectivity index (χ0) is 19.3. The van der Waals surface area contributed by atoms with E-state index in [9.17, 15) is 19.8 Å². The lowest BCUT2D eigenvalue weighted by atomic mass is 10.0. The van der Waals surface area contributed by atoms with E-state index in [2.05, 4.69) is 5.32 Å². The van der Waals surface area contributed by atoms with E-state index in [4.69, 9.17) is 4.42 Å². The maximum Gasteiger partial charge on any atom is 0.321 e. The number of rotatable bonds is 9. The van der Waals surface area contributed by atoms with Gasteiger partial charge in [-0.1, -0.05) is 43.7 Å². The van der Waals surface area contributed by atoms with Gasteiger partial charge in [-0.05, 0) is 31.4 Å². The number of aliphatic carboxylic acids is 2. The number of carboxylic acids is 2. The number of hydrogen-bond donors (Lipinski definition) is 3. The van der Waals surface area contributed by atoms with E-state index in [-0.39, 0.29) is 12.3 Å². The molecule has 1 heterocycles. The summed E-state index contributed by atoms with van der Waals surface area (Å²) in [5.41, 5.74) is 2.05. The number of aryl methyl sites for hydroxylation is 1. The first kappa shape index (κ1) is 19.7. The largest absolute Gasteiger partial charge is 0.480 e. The first-order valence-corrected chi connectivity index (χ1v) is 8.63. The van der Waals surface area contributed by atoms with Crippen molar-refractivity contribution in [2.45, 2.75) is 45.7 Å². The van der Waals surface area contributed by atoms with Crippen LogP contribution in [0.3, 0.4) is 0 Å². The van der Waals surface area contributed by atoms with Gasteiger partial charge in [0.05, 0.1) is 0 Å². The Balaban J connectivity index is 2.11. The normalized spacial score (nSPS) is 13.5. The van der Waals surface area contributed by atoms with E-state index >= 15 is 0 Å². The zero-order valence-electron chi connectivity index (χ0n) is 15.2. The molecule has 140 valence electrons. The molecule has 0 aliphatic rings. The quantitative estimate of drug-likeness (QED) is 0.635. The van der Waals surface area contributed by atoms with Crippen LogP contribution >= 0.6 is 0 Å². The molecule has 0 unspecified atom stereocenters. The molecule has 6 heteroatoms. The first-order chi connectivity index (χ1) is 12.3. The average molecular weight is 359 g/mol. The van der Waals surface area contributed by atoms with Crippen molar-refractivity contribution in [1.82, 2.24) is 5.32 Å². The summed E-state index contributed by atoms with van der Waals surface area (Å²) in [6, 6.07) is 9.40. The predicted octanol–water partition coefficient (Wildman–Crippen LogP) is 3.34. The van der Waals surface area contributed by atoms with Crippen LogP contribution in [0.2, 0.25) is 0 Å². The van der Waals surface area contributed by atoms with Crippen LogP contribution in [-0.2, 0) is 16.0 Å². The fraction of sp³-hybridized carbons (Fsp3) is 0.400. The molecule has 0 fully saturated rings. The Kier molecular flexibility index (Phi) is 6.58. The van der Waals surface area contributed by atoms with Gasteiger partial charge >= 0.3 is 11.9 Å². The molecule has 0 bridgehead atoms. The van der Waals surface area contributed by atoms with Crippen LogP contribution in [0.1, 0.15) is 31.6 Å². The fourth-order valence-corrected chi connectivity index (χ4v) is 2.73. The summed E-state index contributed by atoms with van der Waals surface area (Å²) in [4.78, 5) is 22.9. The van der Waals surface area contributed by atoms with Crippen LogP contribution in [0.4, 0.5) is 0 Å². The number of furan rings is 1. The maximum absolute atomic E-state index is 11.6. The molecule has 0 spiro atoms. The van der Waals surface area contributed by atoms with Crippen molar-refractivity contribution < 1.29 is 24.2 Å². The molecule has 0 amide bonds.